The molecule has 1 fully saturated rings. The second kappa shape index (κ2) is 6.47. The van der Waals surface area contributed by atoms with Crippen molar-refractivity contribution < 1.29 is 4.39 Å². The molecule has 0 spiro atoms. The van der Waals surface area contributed by atoms with E-state index in [1.807, 2.05) is 6.07 Å². The van der Waals surface area contributed by atoms with E-state index < -0.39 is 0 Å². The molecular weight excluding hydrogens is 239 g/mol. The van der Waals surface area contributed by atoms with Crippen molar-refractivity contribution >= 4 is 0 Å². The van der Waals surface area contributed by atoms with E-state index in [2.05, 4.69) is 31.1 Å². The Kier molecular flexibility index (Phi) is 4.92. The largest absolute Gasteiger partial charge is 0.310 e. The van der Waals surface area contributed by atoms with Crippen LogP contribution in [0.25, 0.3) is 0 Å². The van der Waals surface area contributed by atoms with Crippen LogP contribution < -0.4 is 5.32 Å². The Bertz CT molecular complexity index is 407. The minimum absolute atomic E-state index is 0.128. The van der Waals surface area contributed by atoms with Crippen LogP contribution in [-0.4, -0.2) is 11.5 Å². The molecule has 2 nitrogen and oxygen atoms in total. The summed E-state index contributed by atoms with van der Waals surface area (Å²) in [6.45, 7) is 7.60. The first kappa shape index (κ1) is 14.4. The van der Waals surface area contributed by atoms with E-state index in [1.165, 1.54) is 25.5 Å². The van der Waals surface area contributed by atoms with Crippen LogP contribution in [0.15, 0.2) is 18.5 Å². The van der Waals surface area contributed by atoms with Gasteiger partial charge in [0.2, 0.25) is 0 Å². The lowest BCUT2D eigenvalue weighted by atomic mass is 9.72. The average molecular weight is 264 g/mol. The van der Waals surface area contributed by atoms with Crippen molar-refractivity contribution in [2.24, 2.45) is 17.8 Å². The van der Waals surface area contributed by atoms with E-state index in [0.717, 1.165) is 23.9 Å². The lowest BCUT2D eigenvalue weighted by Crippen LogP contribution is -2.33. The van der Waals surface area contributed by atoms with Crippen LogP contribution >= 0.6 is 0 Å². The fraction of sp³-hybridized carbons (Fsp3) is 0.688. The van der Waals surface area contributed by atoms with Crippen molar-refractivity contribution in [1.29, 1.82) is 0 Å². The van der Waals surface area contributed by atoms with Crippen molar-refractivity contribution in [3.05, 3.63) is 29.8 Å². The number of hydrogen-bond donors (Lipinski definition) is 1. The number of pyridine rings is 1. The van der Waals surface area contributed by atoms with Gasteiger partial charge in [0.05, 0.1) is 6.20 Å². The maximum absolute atomic E-state index is 14.0. The normalized spacial score (nSPS) is 29.2. The van der Waals surface area contributed by atoms with E-state index in [0.29, 0.717) is 5.92 Å². The summed E-state index contributed by atoms with van der Waals surface area (Å²) in [5.41, 5.74) is 0.781. The standard InChI is InChI=1S/C16H25FN2/c1-4-19-16(14-7-8-18-10-15(14)17)13-6-5-11(2)12(3)9-13/h7-8,10-13,16,19H,4-6,9H2,1-3H3. The molecule has 0 aliphatic heterocycles. The maximum Gasteiger partial charge on any atom is 0.146 e. The van der Waals surface area contributed by atoms with E-state index in [4.69, 9.17) is 0 Å². The zero-order valence-corrected chi connectivity index (χ0v) is 12.2. The summed E-state index contributed by atoms with van der Waals surface area (Å²) in [7, 11) is 0. The van der Waals surface area contributed by atoms with Gasteiger partial charge in [-0.25, -0.2) is 4.39 Å². The van der Waals surface area contributed by atoms with Gasteiger partial charge >= 0.3 is 0 Å². The minimum Gasteiger partial charge on any atom is -0.310 e. The summed E-state index contributed by atoms with van der Waals surface area (Å²) in [6, 6.07) is 1.95. The van der Waals surface area contributed by atoms with E-state index in [9.17, 15) is 4.39 Å². The highest BCUT2D eigenvalue weighted by Crippen LogP contribution is 2.40. The summed E-state index contributed by atoms with van der Waals surface area (Å²) in [4.78, 5) is 3.86. The van der Waals surface area contributed by atoms with Gasteiger partial charge in [-0.1, -0.05) is 27.2 Å². The molecule has 0 radical (unpaired) electrons. The molecule has 1 aromatic heterocycles. The topological polar surface area (TPSA) is 24.9 Å². The summed E-state index contributed by atoms with van der Waals surface area (Å²) in [5, 5.41) is 3.48. The van der Waals surface area contributed by atoms with Gasteiger partial charge in [-0.3, -0.25) is 4.98 Å². The fourth-order valence-electron chi connectivity index (χ4n) is 3.28. The molecule has 0 amide bonds. The summed E-state index contributed by atoms with van der Waals surface area (Å²) >= 11 is 0. The average Bonchev–Trinajstić information content (AvgIpc) is 2.40. The first-order valence-corrected chi connectivity index (χ1v) is 7.46. The Hall–Kier alpha value is -0.960. The molecule has 3 heteroatoms. The highest BCUT2D eigenvalue weighted by Gasteiger charge is 2.31. The monoisotopic (exact) mass is 264 g/mol. The Morgan fingerprint density at radius 1 is 1.37 bits per heavy atom. The Morgan fingerprint density at radius 3 is 2.79 bits per heavy atom. The SMILES string of the molecule is CCNC(c1ccncc1F)C1CCC(C)C(C)C1. The number of aromatic nitrogens is 1. The molecule has 0 bridgehead atoms. The second-order valence-corrected chi connectivity index (χ2v) is 5.96. The molecule has 106 valence electrons. The Morgan fingerprint density at radius 2 is 2.16 bits per heavy atom. The smallest absolute Gasteiger partial charge is 0.146 e. The summed E-state index contributed by atoms with van der Waals surface area (Å²) in [5.74, 6) is 1.87. The van der Waals surface area contributed by atoms with E-state index >= 15 is 0 Å². The Labute approximate surface area is 115 Å². The number of halogens is 1. The molecule has 4 atom stereocenters. The third-order valence-corrected chi connectivity index (χ3v) is 4.67. The van der Waals surface area contributed by atoms with Crippen LogP contribution in [0.3, 0.4) is 0 Å². The molecule has 0 aromatic carbocycles. The van der Waals surface area contributed by atoms with Gasteiger partial charge < -0.3 is 5.32 Å². The third-order valence-electron chi connectivity index (χ3n) is 4.67. The van der Waals surface area contributed by atoms with Gasteiger partial charge in [-0.2, -0.15) is 0 Å². The van der Waals surface area contributed by atoms with Gasteiger partial charge in [-0.05, 0) is 43.2 Å². The molecule has 0 saturated heterocycles. The molecule has 1 saturated carbocycles. The molecule has 19 heavy (non-hydrogen) atoms. The lowest BCUT2D eigenvalue weighted by molar-refractivity contribution is 0.170. The molecule has 1 N–H and O–H groups in total. The predicted octanol–water partition coefficient (Wildman–Crippen LogP) is 3.94. The fourth-order valence-corrected chi connectivity index (χ4v) is 3.28. The third kappa shape index (κ3) is 3.33. The van der Waals surface area contributed by atoms with Crippen LogP contribution in [0, 0.1) is 23.6 Å². The van der Waals surface area contributed by atoms with Crippen molar-refractivity contribution in [3.8, 4) is 0 Å². The molecule has 4 unspecified atom stereocenters. The first-order valence-electron chi connectivity index (χ1n) is 7.46. The van der Waals surface area contributed by atoms with Gasteiger partial charge in [0.15, 0.2) is 0 Å². The van der Waals surface area contributed by atoms with Gasteiger partial charge in [0.25, 0.3) is 0 Å². The van der Waals surface area contributed by atoms with Crippen LogP contribution in [0.1, 0.15) is 51.6 Å². The van der Waals surface area contributed by atoms with Crippen molar-refractivity contribution in [2.45, 2.75) is 46.1 Å². The number of hydrogen-bond acceptors (Lipinski definition) is 2. The summed E-state index contributed by atoms with van der Waals surface area (Å²) < 4.78 is 14.0. The predicted molar refractivity (Wildman–Crippen MR) is 76.3 cm³/mol. The van der Waals surface area contributed by atoms with Gasteiger partial charge in [0.1, 0.15) is 5.82 Å². The second-order valence-electron chi connectivity index (χ2n) is 5.96. The van der Waals surface area contributed by atoms with Crippen LogP contribution in [0.4, 0.5) is 4.39 Å². The number of nitrogens with zero attached hydrogens (tertiary/aromatic N) is 1. The summed E-state index contributed by atoms with van der Waals surface area (Å²) in [6.07, 6.45) is 6.64. The number of nitrogens with one attached hydrogen (secondary N) is 1. The highest BCUT2D eigenvalue weighted by atomic mass is 19.1. The van der Waals surface area contributed by atoms with Crippen LogP contribution in [-0.2, 0) is 0 Å². The lowest BCUT2D eigenvalue weighted by Gasteiger charge is -2.37. The highest BCUT2D eigenvalue weighted by molar-refractivity contribution is 5.18. The van der Waals surface area contributed by atoms with Crippen molar-refractivity contribution in [3.63, 3.8) is 0 Å². The van der Waals surface area contributed by atoms with E-state index in [-0.39, 0.29) is 11.9 Å². The quantitative estimate of drug-likeness (QED) is 0.891. The molecule has 1 aromatic rings. The Balaban J connectivity index is 2.19. The van der Waals surface area contributed by atoms with Crippen LogP contribution in [0.5, 0.6) is 0 Å². The first-order chi connectivity index (χ1) is 9.13. The van der Waals surface area contributed by atoms with E-state index in [1.54, 1.807) is 6.20 Å². The van der Waals surface area contributed by atoms with Gasteiger partial charge in [-0.15, -0.1) is 0 Å². The van der Waals surface area contributed by atoms with Gasteiger partial charge in [0, 0.05) is 17.8 Å². The number of rotatable bonds is 4. The zero-order valence-electron chi connectivity index (χ0n) is 12.2. The van der Waals surface area contributed by atoms with Crippen LogP contribution in [0.2, 0.25) is 0 Å². The molecule has 2 rings (SSSR count). The molecule has 1 heterocycles. The zero-order chi connectivity index (χ0) is 13.8. The van der Waals surface area contributed by atoms with Crippen molar-refractivity contribution in [1.82, 2.24) is 10.3 Å². The molecule has 1 aliphatic carbocycles. The minimum atomic E-state index is -0.181. The maximum atomic E-state index is 14.0. The van der Waals surface area contributed by atoms with Crippen molar-refractivity contribution in [2.75, 3.05) is 6.54 Å². The molecule has 1 aliphatic rings. The molecular formula is C16H25FN2.